The summed E-state index contributed by atoms with van der Waals surface area (Å²) in [6.07, 6.45) is 0. The highest BCUT2D eigenvalue weighted by Gasteiger charge is 2.19. The van der Waals surface area contributed by atoms with E-state index in [4.69, 9.17) is 4.99 Å². The van der Waals surface area contributed by atoms with Crippen molar-refractivity contribution in [2.24, 2.45) is 4.99 Å². The molecule has 1 aliphatic rings. The fourth-order valence-electron chi connectivity index (χ4n) is 3.35. The molecule has 3 rings (SSSR count). The quantitative estimate of drug-likeness (QED) is 0.600. The smallest absolute Gasteiger partial charge is 0.194 e. The first-order chi connectivity index (χ1) is 13.7. The van der Waals surface area contributed by atoms with E-state index in [1.807, 2.05) is 30.3 Å². The van der Waals surface area contributed by atoms with Gasteiger partial charge in [0.05, 0.1) is 17.3 Å². The van der Waals surface area contributed by atoms with Crippen LogP contribution >= 0.6 is 0 Å². The summed E-state index contributed by atoms with van der Waals surface area (Å²) in [6.45, 7) is 9.42. The van der Waals surface area contributed by atoms with Gasteiger partial charge >= 0.3 is 0 Å². The number of rotatable bonds is 6. The molecule has 1 N–H and O–H groups in total. The van der Waals surface area contributed by atoms with Gasteiger partial charge in [0, 0.05) is 49.1 Å². The fraction of sp³-hybridized carbons (Fsp3) is 0.409. The average Bonchev–Trinajstić information content (AvgIpc) is 2.74. The van der Waals surface area contributed by atoms with Gasteiger partial charge in [-0.2, -0.15) is 0 Å². The number of aryl methyl sites for hydroxylation is 1. The first-order valence-electron chi connectivity index (χ1n) is 9.95. The summed E-state index contributed by atoms with van der Waals surface area (Å²) in [5, 5.41) is 3.39. The zero-order valence-corrected chi connectivity index (χ0v) is 17.6. The van der Waals surface area contributed by atoms with E-state index in [-0.39, 0.29) is 0 Å². The summed E-state index contributed by atoms with van der Waals surface area (Å²) in [5.41, 5.74) is 2.58. The van der Waals surface area contributed by atoms with Gasteiger partial charge in [-0.15, -0.1) is 0 Å². The zero-order chi connectivity index (χ0) is 19.8. The summed E-state index contributed by atoms with van der Waals surface area (Å²) in [7, 11) is -1.00. The Morgan fingerprint density at radius 1 is 1.07 bits per heavy atom. The van der Waals surface area contributed by atoms with E-state index in [0.717, 1.165) is 43.6 Å². The minimum Gasteiger partial charge on any atom is -0.368 e. The molecule has 5 nitrogen and oxygen atoms in total. The molecule has 150 valence electrons. The van der Waals surface area contributed by atoms with Crippen LogP contribution in [0.4, 0.5) is 5.69 Å². The van der Waals surface area contributed by atoms with Gasteiger partial charge in [-0.1, -0.05) is 30.3 Å². The highest BCUT2D eigenvalue weighted by Crippen LogP contribution is 2.17. The van der Waals surface area contributed by atoms with Gasteiger partial charge in [0.25, 0.3) is 0 Å². The second kappa shape index (κ2) is 10.3. The number of nitrogens with one attached hydrogen (secondary N) is 1. The molecule has 1 heterocycles. The van der Waals surface area contributed by atoms with Gasteiger partial charge in [-0.3, -0.25) is 9.20 Å². The lowest BCUT2D eigenvalue weighted by Crippen LogP contribution is -2.52. The molecule has 1 aliphatic heterocycles. The minimum atomic E-state index is -1.00. The van der Waals surface area contributed by atoms with Crippen LogP contribution in [0.25, 0.3) is 0 Å². The minimum absolute atomic E-state index is 0.544. The van der Waals surface area contributed by atoms with E-state index in [0.29, 0.717) is 12.3 Å². The summed E-state index contributed by atoms with van der Waals surface area (Å²) in [5.74, 6) is 1.47. The van der Waals surface area contributed by atoms with Gasteiger partial charge in [-0.05, 0) is 43.7 Å². The van der Waals surface area contributed by atoms with Crippen molar-refractivity contribution >= 4 is 22.4 Å². The molecule has 0 spiro atoms. The standard InChI is InChI=1S/C22H30N4OS/c1-3-23-22(24-12-17-28(27)21-10-5-4-6-11-21)26-15-13-25(14-16-26)20-9-7-8-19(2)18-20/h4-11,18H,3,12-17H2,1-2H3,(H,23,24). The highest BCUT2D eigenvalue weighted by molar-refractivity contribution is 7.85. The lowest BCUT2D eigenvalue weighted by Gasteiger charge is -2.37. The van der Waals surface area contributed by atoms with Crippen molar-refractivity contribution in [2.45, 2.75) is 18.7 Å². The van der Waals surface area contributed by atoms with Crippen LogP contribution in [0.15, 0.2) is 64.5 Å². The van der Waals surface area contributed by atoms with Gasteiger partial charge < -0.3 is 15.1 Å². The second-order valence-electron chi connectivity index (χ2n) is 6.91. The molecule has 1 unspecified atom stereocenters. The van der Waals surface area contributed by atoms with Crippen LogP contribution in [-0.2, 0) is 10.8 Å². The molecule has 1 fully saturated rings. The average molecular weight is 399 g/mol. The molecule has 6 heteroatoms. The Morgan fingerprint density at radius 2 is 1.82 bits per heavy atom. The molecule has 0 saturated carbocycles. The third-order valence-corrected chi connectivity index (χ3v) is 6.18. The van der Waals surface area contributed by atoms with Crippen LogP contribution < -0.4 is 10.2 Å². The highest BCUT2D eigenvalue weighted by atomic mass is 32.2. The molecule has 0 radical (unpaired) electrons. The van der Waals surface area contributed by atoms with Crippen molar-refractivity contribution in [1.82, 2.24) is 10.2 Å². The lowest BCUT2D eigenvalue weighted by atomic mass is 10.2. The van der Waals surface area contributed by atoms with Crippen molar-refractivity contribution in [3.63, 3.8) is 0 Å². The molecular formula is C22H30N4OS. The number of piperazine rings is 1. The Morgan fingerprint density at radius 3 is 2.50 bits per heavy atom. The van der Waals surface area contributed by atoms with Crippen molar-refractivity contribution in [1.29, 1.82) is 0 Å². The van der Waals surface area contributed by atoms with Gasteiger partial charge in [0.2, 0.25) is 0 Å². The number of aliphatic imine (C=N–C) groups is 1. The van der Waals surface area contributed by atoms with Crippen LogP contribution in [0.5, 0.6) is 0 Å². The molecule has 2 aromatic carbocycles. The van der Waals surface area contributed by atoms with Gasteiger partial charge in [0.15, 0.2) is 5.96 Å². The van der Waals surface area contributed by atoms with Crippen molar-refractivity contribution in [3.05, 3.63) is 60.2 Å². The first kappa shape index (κ1) is 20.4. The predicted molar refractivity (Wildman–Crippen MR) is 119 cm³/mol. The maximum Gasteiger partial charge on any atom is 0.194 e. The number of nitrogens with zero attached hydrogens (tertiary/aromatic N) is 3. The van der Waals surface area contributed by atoms with Crippen LogP contribution in [0.3, 0.4) is 0 Å². The first-order valence-corrected chi connectivity index (χ1v) is 11.3. The van der Waals surface area contributed by atoms with Crippen molar-refractivity contribution in [2.75, 3.05) is 49.9 Å². The summed E-state index contributed by atoms with van der Waals surface area (Å²) >= 11 is 0. The molecule has 0 aliphatic carbocycles. The molecule has 0 amide bonds. The van der Waals surface area contributed by atoms with Crippen LogP contribution in [0.1, 0.15) is 12.5 Å². The lowest BCUT2D eigenvalue weighted by molar-refractivity contribution is 0.373. The van der Waals surface area contributed by atoms with E-state index in [1.165, 1.54) is 11.3 Å². The van der Waals surface area contributed by atoms with Crippen LogP contribution in [-0.4, -0.2) is 60.1 Å². The third-order valence-electron chi connectivity index (χ3n) is 4.83. The van der Waals surface area contributed by atoms with E-state index in [1.54, 1.807) is 0 Å². The molecule has 0 aromatic heterocycles. The molecule has 1 saturated heterocycles. The monoisotopic (exact) mass is 398 g/mol. The Kier molecular flexibility index (Phi) is 7.48. The molecule has 1 atom stereocenters. The van der Waals surface area contributed by atoms with Crippen molar-refractivity contribution in [3.8, 4) is 0 Å². The number of anilines is 1. The Balaban J connectivity index is 1.55. The SMILES string of the molecule is CCNC(=NCCS(=O)c1ccccc1)N1CCN(c2cccc(C)c2)CC1. The maximum atomic E-state index is 12.4. The van der Waals surface area contributed by atoms with E-state index < -0.39 is 10.8 Å². The molecular weight excluding hydrogens is 368 g/mol. The number of hydrogen-bond acceptors (Lipinski definition) is 3. The number of hydrogen-bond donors (Lipinski definition) is 1. The Bertz CT molecular complexity index is 801. The molecule has 0 bridgehead atoms. The number of guanidine groups is 1. The van der Waals surface area contributed by atoms with E-state index in [9.17, 15) is 4.21 Å². The maximum absolute atomic E-state index is 12.4. The van der Waals surface area contributed by atoms with E-state index in [2.05, 4.69) is 53.2 Å². The van der Waals surface area contributed by atoms with Crippen molar-refractivity contribution < 1.29 is 4.21 Å². The largest absolute Gasteiger partial charge is 0.368 e. The second-order valence-corrected chi connectivity index (χ2v) is 8.48. The summed E-state index contributed by atoms with van der Waals surface area (Å²) < 4.78 is 12.4. The summed E-state index contributed by atoms with van der Waals surface area (Å²) in [6, 6.07) is 18.3. The predicted octanol–water partition coefficient (Wildman–Crippen LogP) is 2.89. The van der Waals surface area contributed by atoms with Crippen LogP contribution in [0, 0.1) is 6.92 Å². The van der Waals surface area contributed by atoms with Gasteiger partial charge in [-0.25, -0.2) is 0 Å². The topological polar surface area (TPSA) is 47.9 Å². The Labute approximate surface area is 170 Å². The summed E-state index contributed by atoms with van der Waals surface area (Å²) in [4.78, 5) is 10.3. The Hall–Kier alpha value is -2.34. The normalized spacial score (nSPS) is 16.1. The molecule has 2 aromatic rings. The third kappa shape index (κ3) is 5.58. The number of benzene rings is 2. The van der Waals surface area contributed by atoms with E-state index >= 15 is 0 Å². The fourth-order valence-corrected chi connectivity index (χ4v) is 4.31. The zero-order valence-electron chi connectivity index (χ0n) is 16.8. The molecule has 28 heavy (non-hydrogen) atoms. The van der Waals surface area contributed by atoms with Gasteiger partial charge in [0.1, 0.15) is 0 Å². The van der Waals surface area contributed by atoms with Crippen LogP contribution in [0.2, 0.25) is 0 Å².